The zero-order valence-corrected chi connectivity index (χ0v) is 89.8. The molecule has 3 aliphatic heterocycles. The number of aliphatic hydroxyl groups excluding tert-OH is 1. The summed E-state index contributed by atoms with van der Waals surface area (Å²) in [5.41, 5.74) is 2.18. The Hall–Kier alpha value is -4.51. The van der Waals surface area contributed by atoms with Crippen molar-refractivity contribution in [3.05, 3.63) is 222 Å². The van der Waals surface area contributed by atoms with E-state index in [2.05, 4.69) is 26.3 Å². The molecule has 23 nitrogen and oxygen atoms in total. The molecular formula is C93H123Cl6K2N7O16S3. The van der Waals surface area contributed by atoms with Crippen LogP contribution in [-0.4, -0.2) is 149 Å². The number of carboxylic acid groups (broad SMARTS) is 2. The van der Waals surface area contributed by atoms with E-state index in [4.69, 9.17) is 94.8 Å². The van der Waals surface area contributed by atoms with Crippen LogP contribution < -0.4 is 108 Å². The summed E-state index contributed by atoms with van der Waals surface area (Å²) >= 11 is 37.9. The predicted octanol–water partition coefficient (Wildman–Crippen LogP) is 14.8. The number of allylic oxidation sites excluding steroid dienone is 1. The van der Waals surface area contributed by atoms with Crippen molar-refractivity contribution in [3.63, 3.8) is 0 Å². The van der Waals surface area contributed by atoms with Gasteiger partial charge in [0.25, 0.3) is 18.3 Å². The van der Waals surface area contributed by atoms with Crippen molar-refractivity contribution in [1.29, 1.82) is 10.0 Å². The monoisotopic (exact) mass is 1980 g/mol. The van der Waals surface area contributed by atoms with Crippen LogP contribution in [0, 0.1) is 50.1 Å². The molecule has 3 aliphatic rings. The van der Waals surface area contributed by atoms with E-state index in [9.17, 15) is 56.4 Å². The normalized spacial score (nSPS) is 22.3. The molecule has 0 aromatic heterocycles. The Bertz CT molecular complexity index is 5160. The van der Waals surface area contributed by atoms with E-state index in [1.165, 1.54) is 20.8 Å². The molecular weight excluding hydrogens is 1860 g/mol. The van der Waals surface area contributed by atoms with Gasteiger partial charge in [-0.05, 0) is 150 Å². The van der Waals surface area contributed by atoms with Crippen molar-refractivity contribution in [2.45, 2.75) is 233 Å². The maximum absolute atomic E-state index is 14.6. The van der Waals surface area contributed by atoms with E-state index >= 15 is 0 Å². The van der Waals surface area contributed by atoms with Crippen molar-refractivity contribution in [1.82, 2.24) is 14.7 Å². The Morgan fingerprint density at radius 1 is 0.512 bits per heavy atom. The van der Waals surface area contributed by atoms with Gasteiger partial charge in [-0.2, -0.15) is 14.0 Å². The molecule has 4 N–H and O–H groups in total. The van der Waals surface area contributed by atoms with Crippen molar-refractivity contribution in [2.75, 3.05) is 24.4 Å². The van der Waals surface area contributed by atoms with Gasteiger partial charge in [0, 0.05) is 119 Å². The second-order valence-corrected chi connectivity index (χ2v) is 45.4. The molecule has 0 aliphatic carbocycles. The summed E-state index contributed by atoms with van der Waals surface area (Å²) < 4.78 is 58.4. The first-order valence-corrected chi connectivity index (χ1v) is 48.6. The fourth-order valence-corrected chi connectivity index (χ4v) is 23.3. The molecule has 9 rings (SSSR count). The van der Waals surface area contributed by atoms with Gasteiger partial charge in [-0.15, -0.1) is 6.58 Å². The summed E-state index contributed by atoms with van der Waals surface area (Å²) in [5, 5.41) is 44.6. The first kappa shape index (κ1) is 119. The number of halogens is 6. The van der Waals surface area contributed by atoms with Gasteiger partial charge in [0.2, 0.25) is 17.7 Å². The molecule has 0 bridgehead atoms. The third-order valence-electron chi connectivity index (χ3n) is 22.9. The van der Waals surface area contributed by atoms with Crippen molar-refractivity contribution >= 4 is 147 Å². The molecule has 0 radical (unpaired) electrons. The van der Waals surface area contributed by atoms with Crippen molar-refractivity contribution < 1.29 is 181 Å². The van der Waals surface area contributed by atoms with Crippen LogP contribution in [0.1, 0.15) is 234 Å². The number of rotatable bonds is 28. The number of aliphatic carboxylic acids is 2. The number of nitriles is 1. The van der Waals surface area contributed by atoms with Gasteiger partial charge in [-0.25, -0.2) is 12.6 Å². The molecule has 6 aromatic carbocycles. The summed E-state index contributed by atoms with van der Waals surface area (Å²) in [5.74, 6) is -4.81. The topological polar surface area (TPSA) is 363 Å². The number of likely N-dealkylation sites (tertiary alicyclic amines) is 3. The van der Waals surface area contributed by atoms with E-state index in [1.54, 1.807) is 99.9 Å². The SMILES string of the molecule is C=CC[C@@]1(C)C[C@H](c2cccc(Cl)c2)[C@@H](c2ccc(Cl)cc2)N([C@H](CS(=O)(=NC(C)=O)C(C)C)C(C)C)C1=O.CC#N.CC(=O)N=S(=O)(C[C@H](C(C)C)N1C(=O)[C@@](C)(CC(=O)O)C[C@H](c2cccc(Cl)c2)[C@H]1c1ccc(Cl)cc1)C(C)C.CC(C)[C@@H](CS(=N)(=O)C(C)C)N1C(=O)[C@@](C)(CC(=O)O)C[C@H](c2cccc(Cl)c2)[C@H]1c1ccc(Cl)cc1.CO.O=CO[O-].[H-].[K+].[K+]. The molecule has 3 unspecified atom stereocenters. The summed E-state index contributed by atoms with van der Waals surface area (Å²) in [6.07, 6.45) is 2.74. The second kappa shape index (κ2) is 53.5. The van der Waals surface area contributed by atoms with Gasteiger partial charge >= 0.3 is 115 Å². The maximum atomic E-state index is 14.6. The van der Waals surface area contributed by atoms with Crippen LogP contribution in [0.15, 0.2) is 167 Å². The number of benzene rings is 6. The fraction of sp³-hybridized carbons (Fsp3) is 0.495. The molecule has 6 aromatic rings. The summed E-state index contributed by atoms with van der Waals surface area (Å²) in [4.78, 5) is 108. The number of hydrogen-bond donors (Lipinski definition) is 4. The number of hydrogen-bond acceptors (Lipinski definition) is 16. The summed E-state index contributed by atoms with van der Waals surface area (Å²) in [6, 6.07) is 43.5. The molecule has 127 heavy (non-hydrogen) atoms. The minimum absolute atomic E-state index is 0. The first-order valence-electron chi connectivity index (χ1n) is 41.1. The van der Waals surface area contributed by atoms with E-state index < -0.39 is 110 Å². The number of amides is 5. The number of carboxylic acids is 2. The largest absolute Gasteiger partial charge is 1.00 e. The van der Waals surface area contributed by atoms with Crippen molar-refractivity contribution in [2.24, 2.45) is 42.7 Å². The number of carbonyl (C=O) groups is 8. The zero-order chi connectivity index (χ0) is 94.9. The minimum Gasteiger partial charge on any atom is -1.00 e. The Labute approximate surface area is 869 Å². The maximum Gasteiger partial charge on any atom is 1.00 e. The van der Waals surface area contributed by atoms with E-state index in [-0.39, 0.29) is 212 Å². The number of aliphatic hydroxyl groups is 1. The van der Waals surface area contributed by atoms with E-state index in [0.717, 1.165) is 40.5 Å². The van der Waals surface area contributed by atoms with Crippen LogP contribution in [0.3, 0.4) is 0 Å². The molecule has 0 spiro atoms. The number of carbonyl (C=O) groups excluding carboxylic acids is 6. The quantitative estimate of drug-likeness (QED) is 0.0117. The molecule has 0 saturated carbocycles. The fourth-order valence-electron chi connectivity index (χ4n) is 16.6. The summed E-state index contributed by atoms with van der Waals surface area (Å²) in [6.45, 7) is 35.6. The van der Waals surface area contributed by atoms with E-state index in [0.29, 0.717) is 49.4 Å². The third kappa shape index (κ3) is 32.7. The second-order valence-electron chi connectivity index (χ2n) is 34.4. The molecule has 3 heterocycles. The number of nitrogens with one attached hydrogen (secondary N) is 1. The summed E-state index contributed by atoms with van der Waals surface area (Å²) in [7, 11) is -8.04. The Balaban J connectivity index is 0.000000905. The van der Waals surface area contributed by atoms with Gasteiger partial charge in [-0.1, -0.05) is 252 Å². The van der Waals surface area contributed by atoms with Crippen LogP contribution in [-0.2, 0) is 72.4 Å². The molecule has 3 fully saturated rings. The van der Waals surface area contributed by atoms with E-state index in [1.807, 2.05) is 170 Å². The molecule has 34 heteroatoms. The Kier molecular flexibility index (Phi) is 50.0. The average Bonchev–Trinajstić information content (AvgIpc) is 0.745. The van der Waals surface area contributed by atoms with Crippen LogP contribution >= 0.6 is 69.6 Å². The third-order valence-corrected chi connectivity index (χ3v) is 32.4. The van der Waals surface area contributed by atoms with Gasteiger partial charge in [0.05, 0.1) is 90.0 Å². The first-order chi connectivity index (χ1) is 58.3. The van der Waals surface area contributed by atoms with Crippen LogP contribution in [0.4, 0.5) is 0 Å². The average molecular weight is 1980 g/mol. The minimum atomic E-state index is -3.06. The molecule has 15 atom stereocenters. The zero-order valence-electron chi connectivity index (χ0n) is 77.6. The van der Waals surface area contributed by atoms with Gasteiger partial charge in [-0.3, -0.25) is 43.1 Å². The van der Waals surface area contributed by atoms with Crippen LogP contribution in [0.2, 0.25) is 30.1 Å². The number of piperidine rings is 3. The number of nitrogens with zero attached hydrogens (tertiary/aromatic N) is 6. The molecule has 5 amide bonds. The Morgan fingerprint density at radius 3 is 0.976 bits per heavy atom. The molecule has 3 saturated heterocycles. The van der Waals surface area contributed by atoms with Gasteiger partial charge < -0.3 is 41.6 Å². The Morgan fingerprint density at radius 2 is 0.764 bits per heavy atom. The standard InChI is InChI=1S/C31H40Cl2N2O3S.C30H38Cl2N2O5S.C28H36Cl2N2O4S.C2H3N.CH2O3.CH4O.2K.H/c1-8-16-31(7)18-27(24-10-9-11-26(33)17-24)29(23-12-14-25(32)15-13-23)35(30(31)37)28(20(2)3)19-39(38,21(4)5)34-22(6)36;1-18(2)26(17-40(39,19(3)4)33-20(5)35)34-28(21-10-12-23(31)13-11-21)25(22-8-7-9-24(32)14-22)15-30(6,29(34)38)16-27(36)37;1-17(2)24(16-37(31,36)18(3)4)32-26(19-9-11-21(29)12-10-19)23(20-7-6-8-22(30)13-20)14-28(5,27(32)35)15-25(33)34;1-2-3;2-1-4-3;1-2;;;/h8-15,17,20-21,27-29H,1,16,18-19H2,2-7H3;7-14,18-19,25-26,28H,15-17H2,1-6H3,(H,36,37);6-13,17-18,23-24,26,31H,14-16H2,1-5H3,(H,33,34);1H3;1,3H;2H,1H3;;;/q;;;;;;2*+1;-1/p-1/t27-,28-,29-,31+,39?;25-,26-,28-,30-,40?;23-,24-,26-,28-,37?;;;;;;/m111....../s1. The van der Waals surface area contributed by atoms with Crippen LogP contribution in [0.25, 0.3) is 0 Å². The van der Waals surface area contributed by atoms with Gasteiger partial charge in [0.1, 0.15) is 0 Å². The predicted molar refractivity (Wildman–Crippen MR) is 500 cm³/mol. The van der Waals surface area contributed by atoms with Gasteiger partial charge in [0.15, 0.2) is 0 Å². The molecule has 688 valence electrons. The smallest absolute Gasteiger partial charge is 1.00 e. The van der Waals surface area contributed by atoms with Crippen LogP contribution in [0.5, 0.6) is 0 Å². The van der Waals surface area contributed by atoms with Crippen molar-refractivity contribution in [3.8, 4) is 6.07 Å².